The fraction of sp³-hybridized carbons (Fsp3) is 0.381. The van der Waals surface area contributed by atoms with Crippen LogP contribution in [0.2, 0.25) is 0 Å². The van der Waals surface area contributed by atoms with E-state index in [0.717, 1.165) is 36.4 Å². The molecule has 2 aromatic heterocycles. The summed E-state index contributed by atoms with van der Waals surface area (Å²) < 4.78 is 5.56. The molecule has 2 heterocycles. The molecular weight excluding hydrogens is 310 g/mol. The summed E-state index contributed by atoms with van der Waals surface area (Å²) in [7, 11) is 0. The highest BCUT2D eigenvalue weighted by atomic mass is 16.5. The van der Waals surface area contributed by atoms with Gasteiger partial charge in [-0.3, -0.25) is 0 Å². The van der Waals surface area contributed by atoms with Crippen molar-refractivity contribution in [3.8, 4) is 11.4 Å². The molecule has 0 spiro atoms. The summed E-state index contributed by atoms with van der Waals surface area (Å²) in [5.41, 5.74) is 4.84. The molecule has 2 aliphatic carbocycles. The molecule has 3 aromatic rings. The molecular formula is C21H21N3O. The summed E-state index contributed by atoms with van der Waals surface area (Å²) in [6, 6.07) is 10.2. The first-order valence-corrected chi connectivity index (χ1v) is 9.02. The van der Waals surface area contributed by atoms with Crippen LogP contribution in [0.3, 0.4) is 0 Å². The van der Waals surface area contributed by atoms with Crippen LogP contribution in [0, 0.1) is 5.92 Å². The number of benzene rings is 1. The average molecular weight is 331 g/mol. The van der Waals surface area contributed by atoms with Gasteiger partial charge < -0.3 is 4.52 Å². The first-order chi connectivity index (χ1) is 12.2. The van der Waals surface area contributed by atoms with E-state index in [1.54, 1.807) is 0 Å². The number of aromatic nitrogens is 3. The number of aryl methyl sites for hydroxylation is 1. The molecule has 4 nitrogen and oxygen atoms in total. The van der Waals surface area contributed by atoms with Crippen molar-refractivity contribution in [2.45, 2.75) is 44.4 Å². The van der Waals surface area contributed by atoms with Gasteiger partial charge in [0.15, 0.2) is 5.82 Å². The molecule has 2 aliphatic rings. The Kier molecular flexibility index (Phi) is 3.11. The van der Waals surface area contributed by atoms with E-state index >= 15 is 0 Å². The minimum atomic E-state index is 0.0119. The molecule has 126 valence electrons. The summed E-state index contributed by atoms with van der Waals surface area (Å²) in [5, 5.41) is 4.06. The molecule has 0 fully saturated rings. The van der Waals surface area contributed by atoms with Gasteiger partial charge in [-0.2, -0.15) is 0 Å². The van der Waals surface area contributed by atoms with Crippen LogP contribution in [0.4, 0.5) is 0 Å². The summed E-state index contributed by atoms with van der Waals surface area (Å²) >= 11 is 0. The number of hydrogen-bond acceptors (Lipinski definition) is 4. The third kappa shape index (κ3) is 2.10. The van der Waals surface area contributed by atoms with Crippen molar-refractivity contribution >= 4 is 0 Å². The third-order valence-corrected chi connectivity index (χ3v) is 6.23. The maximum atomic E-state index is 5.56. The Morgan fingerprint density at radius 2 is 1.96 bits per heavy atom. The monoisotopic (exact) mass is 331 g/mol. The lowest BCUT2D eigenvalue weighted by Crippen LogP contribution is -2.45. The molecule has 0 amide bonds. The zero-order valence-corrected chi connectivity index (χ0v) is 14.6. The lowest BCUT2D eigenvalue weighted by atomic mass is 9.57. The van der Waals surface area contributed by atoms with Crippen molar-refractivity contribution < 1.29 is 4.52 Å². The van der Waals surface area contributed by atoms with Crippen molar-refractivity contribution in [3.05, 3.63) is 65.3 Å². The topological polar surface area (TPSA) is 51.8 Å². The SMILES string of the molecule is C[C@@H]1c2oncc2C[C@]2(C)c3nc(-c4ccccc4)ncc3CC[C@@H]12. The van der Waals surface area contributed by atoms with Gasteiger partial charge in [0.2, 0.25) is 0 Å². The fourth-order valence-corrected chi connectivity index (χ4v) is 4.99. The lowest BCUT2D eigenvalue weighted by molar-refractivity contribution is 0.171. The number of hydrogen-bond donors (Lipinski definition) is 0. The van der Waals surface area contributed by atoms with Gasteiger partial charge in [0.25, 0.3) is 0 Å². The van der Waals surface area contributed by atoms with Crippen LogP contribution < -0.4 is 0 Å². The van der Waals surface area contributed by atoms with E-state index in [-0.39, 0.29) is 5.41 Å². The fourth-order valence-electron chi connectivity index (χ4n) is 4.99. The van der Waals surface area contributed by atoms with Crippen molar-refractivity contribution in [3.63, 3.8) is 0 Å². The summed E-state index contributed by atoms with van der Waals surface area (Å²) in [6.45, 7) is 4.64. The predicted molar refractivity (Wildman–Crippen MR) is 95.3 cm³/mol. The summed E-state index contributed by atoms with van der Waals surface area (Å²) in [6.07, 6.45) is 7.07. The van der Waals surface area contributed by atoms with Gasteiger partial charge in [-0.25, -0.2) is 9.97 Å². The Labute approximate surface area is 147 Å². The molecule has 3 atom stereocenters. The smallest absolute Gasteiger partial charge is 0.159 e. The molecule has 0 unspecified atom stereocenters. The molecule has 0 saturated carbocycles. The van der Waals surface area contributed by atoms with E-state index in [2.05, 4.69) is 36.1 Å². The minimum Gasteiger partial charge on any atom is -0.361 e. The van der Waals surface area contributed by atoms with Crippen LogP contribution in [0.15, 0.2) is 47.2 Å². The van der Waals surface area contributed by atoms with Crippen LogP contribution >= 0.6 is 0 Å². The van der Waals surface area contributed by atoms with Crippen LogP contribution in [0.25, 0.3) is 11.4 Å². The minimum absolute atomic E-state index is 0.0119. The molecule has 0 N–H and O–H groups in total. The van der Waals surface area contributed by atoms with Crippen molar-refractivity contribution in [2.24, 2.45) is 5.92 Å². The first-order valence-electron chi connectivity index (χ1n) is 9.02. The second-order valence-corrected chi connectivity index (χ2v) is 7.68. The Morgan fingerprint density at radius 3 is 2.80 bits per heavy atom. The lowest BCUT2D eigenvalue weighted by Gasteiger charge is -2.47. The van der Waals surface area contributed by atoms with Crippen LogP contribution in [0.5, 0.6) is 0 Å². The van der Waals surface area contributed by atoms with E-state index < -0.39 is 0 Å². The van der Waals surface area contributed by atoms with Crippen LogP contribution in [-0.4, -0.2) is 15.1 Å². The molecule has 0 radical (unpaired) electrons. The third-order valence-electron chi connectivity index (χ3n) is 6.23. The van der Waals surface area contributed by atoms with E-state index in [4.69, 9.17) is 9.51 Å². The highest BCUT2D eigenvalue weighted by Crippen LogP contribution is 2.53. The number of rotatable bonds is 1. The highest BCUT2D eigenvalue weighted by molar-refractivity contribution is 5.55. The van der Waals surface area contributed by atoms with E-state index in [1.165, 1.54) is 16.8 Å². The molecule has 5 rings (SSSR count). The van der Waals surface area contributed by atoms with Gasteiger partial charge in [0.05, 0.1) is 11.9 Å². The van der Waals surface area contributed by atoms with E-state index in [1.807, 2.05) is 30.6 Å². The van der Waals surface area contributed by atoms with E-state index in [9.17, 15) is 0 Å². The van der Waals surface area contributed by atoms with Crippen molar-refractivity contribution in [1.82, 2.24) is 15.1 Å². The molecule has 25 heavy (non-hydrogen) atoms. The first kappa shape index (κ1) is 14.8. The maximum absolute atomic E-state index is 5.56. The second-order valence-electron chi connectivity index (χ2n) is 7.68. The Balaban J connectivity index is 1.66. The molecule has 4 heteroatoms. The van der Waals surface area contributed by atoms with Crippen LogP contribution in [-0.2, 0) is 18.3 Å². The van der Waals surface area contributed by atoms with Crippen molar-refractivity contribution in [1.29, 1.82) is 0 Å². The van der Waals surface area contributed by atoms with Crippen LogP contribution in [0.1, 0.15) is 48.8 Å². The van der Waals surface area contributed by atoms with Crippen molar-refractivity contribution in [2.75, 3.05) is 0 Å². The standard InChI is InChI=1S/C21H21N3O/c1-13-17-9-8-15-11-22-20(14-6-4-3-5-7-14)24-19(15)21(17,2)10-16-12-23-25-18(13)16/h3-7,11-13,17H,8-10H2,1-2H3/t13-,17-,21-/m0/s1. The maximum Gasteiger partial charge on any atom is 0.159 e. The quantitative estimate of drug-likeness (QED) is 0.667. The van der Waals surface area contributed by atoms with Gasteiger partial charge in [-0.05, 0) is 30.7 Å². The molecule has 1 aromatic carbocycles. The van der Waals surface area contributed by atoms with Gasteiger partial charge in [0, 0.05) is 28.7 Å². The Morgan fingerprint density at radius 1 is 1.12 bits per heavy atom. The molecule has 0 bridgehead atoms. The molecule has 0 saturated heterocycles. The number of fused-ring (bicyclic) bond motifs is 4. The van der Waals surface area contributed by atoms with E-state index in [0.29, 0.717) is 11.8 Å². The van der Waals surface area contributed by atoms with Gasteiger partial charge >= 0.3 is 0 Å². The average Bonchev–Trinajstić information content (AvgIpc) is 3.10. The van der Waals surface area contributed by atoms with Gasteiger partial charge in [-0.15, -0.1) is 0 Å². The summed E-state index contributed by atoms with van der Waals surface area (Å²) in [5.74, 6) is 2.80. The highest BCUT2D eigenvalue weighted by Gasteiger charge is 2.49. The normalized spacial score (nSPS) is 27.3. The zero-order chi connectivity index (χ0) is 17.0. The Bertz CT molecular complexity index is 933. The molecule has 0 aliphatic heterocycles. The zero-order valence-electron chi connectivity index (χ0n) is 14.6. The number of nitrogens with zero attached hydrogens (tertiary/aromatic N) is 3. The Hall–Kier alpha value is -2.49. The second kappa shape index (κ2) is 5.25. The van der Waals surface area contributed by atoms with Gasteiger partial charge in [-0.1, -0.05) is 49.3 Å². The van der Waals surface area contributed by atoms with Gasteiger partial charge in [0.1, 0.15) is 5.76 Å². The summed E-state index contributed by atoms with van der Waals surface area (Å²) in [4.78, 5) is 9.71. The largest absolute Gasteiger partial charge is 0.361 e. The predicted octanol–water partition coefficient (Wildman–Crippen LogP) is 4.31.